The van der Waals surface area contributed by atoms with E-state index in [1.165, 1.54) is 0 Å². The fourth-order valence-corrected chi connectivity index (χ4v) is 2.64. The predicted molar refractivity (Wildman–Crippen MR) is 96.6 cm³/mol. The molecule has 0 saturated heterocycles. The van der Waals surface area contributed by atoms with E-state index in [2.05, 4.69) is 5.32 Å². The molecule has 0 aliphatic carbocycles. The van der Waals surface area contributed by atoms with Crippen molar-refractivity contribution in [3.63, 3.8) is 0 Å². The summed E-state index contributed by atoms with van der Waals surface area (Å²) in [4.78, 5) is 22.1. The lowest BCUT2D eigenvalue weighted by molar-refractivity contribution is -0.117. The van der Waals surface area contributed by atoms with Crippen LogP contribution in [0.2, 0.25) is 10.0 Å². The highest BCUT2D eigenvalue weighted by molar-refractivity contribution is 6.37. The summed E-state index contributed by atoms with van der Waals surface area (Å²) >= 11 is 12.2. The summed E-state index contributed by atoms with van der Waals surface area (Å²) in [6.07, 6.45) is 2.62. The molecule has 0 saturated carbocycles. The minimum Gasteiger partial charge on any atom is -0.465 e. The first-order chi connectivity index (χ1) is 11.5. The molecular weight excluding hydrogens is 349 g/mol. The quantitative estimate of drug-likeness (QED) is 0.740. The van der Waals surface area contributed by atoms with Gasteiger partial charge in [-0.2, -0.15) is 0 Å². The Labute approximate surface area is 149 Å². The summed E-state index contributed by atoms with van der Waals surface area (Å²) < 4.78 is 0. The second kappa shape index (κ2) is 8.52. The van der Waals surface area contributed by atoms with E-state index in [9.17, 15) is 9.59 Å². The van der Waals surface area contributed by atoms with Crippen LogP contribution >= 0.6 is 23.2 Å². The zero-order valence-corrected chi connectivity index (χ0v) is 14.1. The third-order valence-electron chi connectivity index (χ3n) is 3.23. The fraction of sp³-hybridized carbons (Fsp3) is 0.111. The molecule has 0 atom stereocenters. The van der Waals surface area contributed by atoms with Crippen molar-refractivity contribution in [1.82, 2.24) is 5.32 Å². The van der Waals surface area contributed by atoms with Crippen molar-refractivity contribution in [3.8, 4) is 0 Å². The van der Waals surface area contributed by atoms with Gasteiger partial charge in [-0.05, 0) is 23.3 Å². The molecule has 0 aliphatic heterocycles. The lowest BCUT2D eigenvalue weighted by atomic mass is 10.0. The number of amides is 1. The molecule has 0 heterocycles. The van der Waals surface area contributed by atoms with Crippen molar-refractivity contribution in [3.05, 3.63) is 69.2 Å². The average Bonchev–Trinajstić information content (AvgIpc) is 2.53. The highest BCUT2D eigenvalue weighted by Gasteiger charge is 2.06. The number of carbonyl (C=O) groups excluding carboxylic acids is 1. The summed E-state index contributed by atoms with van der Waals surface area (Å²) in [5.74, 6) is -0.201. The maximum atomic E-state index is 11.7. The van der Waals surface area contributed by atoms with Crippen LogP contribution in [0.15, 0.2) is 42.5 Å². The molecule has 0 fully saturated rings. The molecule has 6 heteroatoms. The number of carboxylic acid groups (broad SMARTS) is 1. The molecule has 0 unspecified atom stereocenters. The Balaban J connectivity index is 2.09. The van der Waals surface area contributed by atoms with Crippen LogP contribution in [0.1, 0.15) is 16.7 Å². The van der Waals surface area contributed by atoms with Crippen molar-refractivity contribution in [2.45, 2.75) is 6.42 Å². The van der Waals surface area contributed by atoms with Gasteiger partial charge in [0.1, 0.15) is 0 Å². The molecule has 24 heavy (non-hydrogen) atoms. The van der Waals surface area contributed by atoms with E-state index in [0.29, 0.717) is 10.0 Å². The Morgan fingerprint density at radius 2 is 1.71 bits per heavy atom. The largest absolute Gasteiger partial charge is 0.465 e. The van der Waals surface area contributed by atoms with Crippen LogP contribution in [0.5, 0.6) is 0 Å². The topological polar surface area (TPSA) is 66.4 Å². The van der Waals surface area contributed by atoms with Gasteiger partial charge in [0, 0.05) is 22.0 Å². The van der Waals surface area contributed by atoms with E-state index in [1.807, 2.05) is 36.4 Å². The fourth-order valence-electron chi connectivity index (χ4n) is 2.12. The van der Waals surface area contributed by atoms with Crippen LogP contribution in [0.4, 0.5) is 4.79 Å². The van der Waals surface area contributed by atoms with Crippen molar-refractivity contribution >= 4 is 47.2 Å². The molecule has 1 amide bonds. The van der Waals surface area contributed by atoms with E-state index in [1.54, 1.807) is 18.2 Å². The molecule has 2 rings (SSSR count). The standard InChI is InChI=1S/C18H15Cl2NO3/c19-16-5-2-6-17(20)15(16)8-7-12-3-1-4-13(9-12)10-14(22)11-21-18(23)24/h1-9,21H,10-11H2,(H,23,24). The van der Waals surface area contributed by atoms with Gasteiger partial charge in [-0.1, -0.05) is 65.7 Å². The van der Waals surface area contributed by atoms with Gasteiger partial charge < -0.3 is 10.4 Å². The Hall–Kier alpha value is -2.30. The Bertz CT molecular complexity index is 767. The molecule has 2 aromatic rings. The molecular formula is C18H15Cl2NO3. The lowest BCUT2D eigenvalue weighted by Crippen LogP contribution is -2.28. The molecule has 0 aromatic heterocycles. The lowest BCUT2D eigenvalue weighted by Gasteiger charge is -2.04. The van der Waals surface area contributed by atoms with Crippen molar-refractivity contribution in [1.29, 1.82) is 0 Å². The second-order valence-electron chi connectivity index (χ2n) is 5.09. The molecule has 2 aromatic carbocycles. The molecule has 124 valence electrons. The number of Topliss-reactive ketones (excluding diaryl/α,β-unsaturated/α-hetero) is 1. The second-order valence-corrected chi connectivity index (χ2v) is 5.90. The summed E-state index contributed by atoms with van der Waals surface area (Å²) in [7, 11) is 0. The van der Waals surface area contributed by atoms with Gasteiger partial charge in [0.15, 0.2) is 5.78 Å². The molecule has 2 N–H and O–H groups in total. The molecule has 0 spiro atoms. The summed E-state index contributed by atoms with van der Waals surface area (Å²) in [6, 6.07) is 12.7. The van der Waals surface area contributed by atoms with E-state index in [-0.39, 0.29) is 18.7 Å². The van der Waals surface area contributed by atoms with Crippen LogP contribution in [-0.2, 0) is 11.2 Å². The van der Waals surface area contributed by atoms with Crippen molar-refractivity contribution < 1.29 is 14.7 Å². The Kier molecular flexibility index (Phi) is 6.41. The van der Waals surface area contributed by atoms with Gasteiger partial charge >= 0.3 is 6.09 Å². The number of ketones is 1. The minimum absolute atomic E-state index is 0.162. The number of hydrogen-bond donors (Lipinski definition) is 2. The first-order valence-electron chi connectivity index (χ1n) is 7.15. The number of carbonyl (C=O) groups is 2. The number of hydrogen-bond acceptors (Lipinski definition) is 2. The van der Waals surface area contributed by atoms with Gasteiger partial charge in [-0.25, -0.2) is 4.79 Å². The zero-order chi connectivity index (χ0) is 17.5. The van der Waals surface area contributed by atoms with Crippen LogP contribution in [-0.4, -0.2) is 23.5 Å². The average molecular weight is 364 g/mol. The minimum atomic E-state index is -1.21. The smallest absolute Gasteiger partial charge is 0.405 e. The SMILES string of the molecule is O=C(CNC(=O)O)Cc1cccc(C=Cc2c(Cl)cccc2Cl)c1. The monoisotopic (exact) mass is 363 g/mol. The van der Waals surface area contributed by atoms with E-state index in [0.717, 1.165) is 16.7 Å². The number of nitrogens with one attached hydrogen (secondary N) is 1. The van der Waals surface area contributed by atoms with Gasteiger partial charge in [-0.3, -0.25) is 4.79 Å². The summed E-state index contributed by atoms with van der Waals surface area (Å²) in [6.45, 7) is -0.204. The first-order valence-corrected chi connectivity index (χ1v) is 7.91. The zero-order valence-electron chi connectivity index (χ0n) is 12.6. The van der Waals surface area contributed by atoms with E-state index < -0.39 is 6.09 Å². The van der Waals surface area contributed by atoms with E-state index in [4.69, 9.17) is 28.3 Å². The molecule has 0 bridgehead atoms. The van der Waals surface area contributed by atoms with Gasteiger partial charge in [-0.15, -0.1) is 0 Å². The van der Waals surface area contributed by atoms with E-state index >= 15 is 0 Å². The maximum absolute atomic E-state index is 11.7. The van der Waals surface area contributed by atoms with Gasteiger partial charge in [0.05, 0.1) is 6.54 Å². The number of rotatable bonds is 6. The van der Waals surface area contributed by atoms with Crippen molar-refractivity contribution in [2.24, 2.45) is 0 Å². The molecule has 4 nitrogen and oxygen atoms in total. The number of halogens is 2. The third kappa shape index (κ3) is 5.41. The normalized spacial score (nSPS) is 10.8. The molecule has 0 radical (unpaired) electrons. The Morgan fingerprint density at radius 1 is 1.04 bits per heavy atom. The third-order valence-corrected chi connectivity index (χ3v) is 3.89. The van der Waals surface area contributed by atoms with Crippen LogP contribution < -0.4 is 5.32 Å². The van der Waals surface area contributed by atoms with Crippen LogP contribution in [0.25, 0.3) is 12.2 Å². The Morgan fingerprint density at radius 3 is 2.38 bits per heavy atom. The van der Waals surface area contributed by atoms with Crippen molar-refractivity contribution in [2.75, 3.05) is 6.54 Å². The number of benzene rings is 2. The highest BCUT2D eigenvalue weighted by Crippen LogP contribution is 2.26. The maximum Gasteiger partial charge on any atom is 0.405 e. The molecule has 0 aliphatic rings. The highest BCUT2D eigenvalue weighted by atomic mass is 35.5. The summed E-state index contributed by atoms with van der Waals surface area (Å²) in [5.41, 5.74) is 2.43. The van der Waals surface area contributed by atoms with Gasteiger partial charge in [0.25, 0.3) is 0 Å². The summed E-state index contributed by atoms with van der Waals surface area (Å²) in [5, 5.41) is 11.7. The van der Waals surface area contributed by atoms with Crippen LogP contribution in [0, 0.1) is 0 Å². The first kappa shape index (κ1) is 18.0. The van der Waals surface area contributed by atoms with Crippen LogP contribution in [0.3, 0.4) is 0 Å². The van der Waals surface area contributed by atoms with Gasteiger partial charge in [0.2, 0.25) is 0 Å². The predicted octanol–water partition coefficient (Wildman–Crippen LogP) is 4.54.